The monoisotopic (exact) mass is 207 g/mol. The Morgan fingerprint density at radius 3 is 2.27 bits per heavy atom. The number of nitrogens with one attached hydrogen (secondary N) is 1. The number of rotatable bonds is 3. The highest BCUT2D eigenvalue weighted by Crippen LogP contribution is 2.52. The van der Waals surface area contributed by atoms with E-state index in [1.54, 1.807) is 0 Å². The second-order valence-corrected chi connectivity index (χ2v) is 6.31. The Labute approximate surface area is 94.0 Å². The summed E-state index contributed by atoms with van der Waals surface area (Å²) in [7, 11) is 0. The van der Waals surface area contributed by atoms with E-state index in [1.807, 2.05) is 0 Å². The van der Waals surface area contributed by atoms with Crippen LogP contribution in [0.2, 0.25) is 0 Å². The molecule has 0 aromatic carbocycles. The molecule has 3 aliphatic carbocycles. The molecule has 0 saturated heterocycles. The van der Waals surface area contributed by atoms with Crippen LogP contribution in [-0.4, -0.2) is 12.1 Å². The molecule has 1 N–H and O–H groups in total. The zero-order chi connectivity index (χ0) is 10.3. The predicted molar refractivity (Wildman–Crippen MR) is 63.9 cm³/mol. The van der Waals surface area contributed by atoms with Gasteiger partial charge in [0.05, 0.1) is 0 Å². The quantitative estimate of drug-likeness (QED) is 0.747. The summed E-state index contributed by atoms with van der Waals surface area (Å²) in [5.41, 5.74) is 0.751. The normalized spacial score (nSPS) is 36.2. The Morgan fingerprint density at radius 2 is 1.73 bits per heavy atom. The third-order valence-electron chi connectivity index (χ3n) is 5.31. The minimum Gasteiger partial charge on any atom is -0.311 e. The summed E-state index contributed by atoms with van der Waals surface area (Å²) in [4.78, 5) is 0. The lowest BCUT2D eigenvalue weighted by Crippen LogP contribution is -2.56. The summed E-state index contributed by atoms with van der Waals surface area (Å²) in [6.07, 6.45) is 13.4. The lowest BCUT2D eigenvalue weighted by atomic mass is 9.57. The Balaban J connectivity index is 1.56. The largest absolute Gasteiger partial charge is 0.311 e. The fraction of sp³-hybridized carbons (Fsp3) is 1.00. The van der Waals surface area contributed by atoms with Gasteiger partial charge in [-0.3, -0.25) is 0 Å². The van der Waals surface area contributed by atoms with Gasteiger partial charge in [-0.25, -0.2) is 0 Å². The van der Waals surface area contributed by atoms with Crippen molar-refractivity contribution in [1.29, 1.82) is 0 Å². The van der Waals surface area contributed by atoms with Gasteiger partial charge in [0.2, 0.25) is 0 Å². The maximum Gasteiger partial charge on any atom is 0.0126 e. The average molecular weight is 207 g/mol. The van der Waals surface area contributed by atoms with Crippen LogP contribution in [0.25, 0.3) is 0 Å². The first-order valence-corrected chi connectivity index (χ1v) is 7.06. The fourth-order valence-corrected chi connectivity index (χ4v) is 3.86. The molecule has 0 radical (unpaired) electrons. The second kappa shape index (κ2) is 3.76. The van der Waals surface area contributed by atoms with Crippen LogP contribution in [0.15, 0.2) is 0 Å². The molecule has 0 heterocycles. The molecular formula is C14H25N. The van der Waals surface area contributed by atoms with Gasteiger partial charge < -0.3 is 5.32 Å². The maximum atomic E-state index is 3.94. The average Bonchev–Trinajstić information content (AvgIpc) is 3.09. The zero-order valence-electron chi connectivity index (χ0n) is 10.1. The van der Waals surface area contributed by atoms with E-state index < -0.39 is 0 Å². The van der Waals surface area contributed by atoms with Crippen LogP contribution in [-0.2, 0) is 0 Å². The maximum absolute atomic E-state index is 3.94. The van der Waals surface area contributed by atoms with Gasteiger partial charge in [-0.05, 0) is 56.8 Å². The first kappa shape index (κ1) is 10.1. The van der Waals surface area contributed by atoms with Crippen molar-refractivity contribution < 1.29 is 0 Å². The lowest BCUT2D eigenvalue weighted by molar-refractivity contribution is 0.0161. The fourth-order valence-electron chi connectivity index (χ4n) is 3.86. The molecule has 86 valence electrons. The summed E-state index contributed by atoms with van der Waals surface area (Å²) >= 11 is 0. The van der Waals surface area contributed by atoms with Crippen LogP contribution >= 0.6 is 0 Å². The van der Waals surface area contributed by atoms with Gasteiger partial charge in [-0.15, -0.1) is 0 Å². The minimum atomic E-state index is 0.751. The molecule has 0 aliphatic heterocycles. The van der Waals surface area contributed by atoms with Crippen molar-refractivity contribution in [3.63, 3.8) is 0 Å². The highest BCUT2D eigenvalue weighted by atomic mass is 15.0. The van der Waals surface area contributed by atoms with Crippen molar-refractivity contribution in [2.75, 3.05) is 0 Å². The van der Waals surface area contributed by atoms with Crippen molar-refractivity contribution in [3.05, 3.63) is 0 Å². The van der Waals surface area contributed by atoms with E-state index >= 15 is 0 Å². The Bertz CT molecular complexity index is 225. The van der Waals surface area contributed by atoms with Crippen LogP contribution in [0.3, 0.4) is 0 Å². The zero-order valence-corrected chi connectivity index (χ0v) is 10.1. The summed E-state index contributed by atoms with van der Waals surface area (Å²) in [5, 5.41) is 3.94. The molecule has 0 bridgehead atoms. The van der Waals surface area contributed by atoms with Crippen molar-refractivity contribution in [2.24, 2.45) is 11.3 Å². The Kier molecular flexibility index (Phi) is 2.54. The summed E-state index contributed by atoms with van der Waals surface area (Å²) < 4.78 is 0. The van der Waals surface area contributed by atoms with E-state index in [-0.39, 0.29) is 0 Å². The molecule has 1 heteroatoms. The van der Waals surface area contributed by atoms with Crippen LogP contribution in [0.5, 0.6) is 0 Å². The SMILES string of the molecule is CC(NC1CCC12CCCCC2)C1CC1. The lowest BCUT2D eigenvalue weighted by Gasteiger charge is -2.53. The van der Waals surface area contributed by atoms with E-state index in [9.17, 15) is 0 Å². The predicted octanol–water partition coefficient (Wildman–Crippen LogP) is 3.49. The summed E-state index contributed by atoms with van der Waals surface area (Å²) in [6, 6.07) is 1.68. The van der Waals surface area contributed by atoms with Crippen molar-refractivity contribution in [1.82, 2.24) is 5.32 Å². The molecular weight excluding hydrogens is 182 g/mol. The summed E-state index contributed by atoms with van der Waals surface area (Å²) in [5.74, 6) is 1.02. The van der Waals surface area contributed by atoms with Gasteiger partial charge in [0.15, 0.2) is 0 Å². The molecule has 0 amide bonds. The van der Waals surface area contributed by atoms with Crippen LogP contribution in [0.1, 0.15) is 64.7 Å². The molecule has 0 aromatic heterocycles. The van der Waals surface area contributed by atoms with Gasteiger partial charge >= 0.3 is 0 Å². The topological polar surface area (TPSA) is 12.0 Å². The molecule has 15 heavy (non-hydrogen) atoms. The van der Waals surface area contributed by atoms with E-state index in [4.69, 9.17) is 0 Å². The van der Waals surface area contributed by atoms with Gasteiger partial charge in [-0.1, -0.05) is 19.3 Å². The number of hydrogen-bond donors (Lipinski definition) is 1. The summed E-state index contributed by atoms with van der Waals surface area (Å²) in [6.45, 7) is 2.41. The third-order valence-corrected chi connectivity index (χ3v) is 5.31. The first-order valence-electron chi connectivity index (χ1n) is 7.06. The van der Waals surface area contributed by atoms with E-state index in [2.05, 4.69) is 12.2 Å². The number of hydrogen-bond acceptors (Lipinski definition) is 1. The molecule has 2 unspecified atom stereocenters. The molecule has 1 nitrogen and oxygen atoms in total. The Hall–Kier alpha value is -0.0400. The minimum absolute atomic E-state index is 0.751. The van der Waals surface area contributed by atoms with Crippen molar-refractivity contribution in [2.45, 2.75) is 76.8 Å². The standard InChI is InChI=1S/C14H25N/c1-11(12-5-6-12)15-13-7-10-14(13)8-3-2-4-9-14/h11-13,15H,2-10H2,1H3. The van der Waals surface area contributed by atoms with Crippen molar-refractivity contribution in [3.8, 4) is 0 Å². The molecule has 3 rings (SSSR count). The Morgan fingerprint density at radius 1 is 1.00 bits per heavy atom. The van der Waals surface area contributed by atoms with Crippen LogP contribution in [0, 0.1) is 11.3 Å². The van der Waals surface area contributed by atoms with E-state index in [1.165, 1.54) is 57.8 Å². The second-order valence-electron chi connectivity index (χ2n) is 6.31. The van der Waals surface area contributed by atoms with Gasteiger partial charge in [0, 0.05) is 12.1 Å². The first-order chi connectivity index (χ1) is 7.30. The molecule has 0 aromatic rings. The molecule has 3 fully saturated rings. The van der Waals surface area contributed by atoms with E-state index in [0.717, 1.165) is 23.4 Å². The highest BCUT2D eigenvalue weighted by Gasteiger charge is 2.47. The molecule has 1 spiro atoms. The van der Waals surface area contributed by atoms with Crippen LogP contribution in [0.4, 0.5) is 0 Å². The third kappa shape index (κ3) is 1.84. The molecule has 3 saturated carbocycles. The van der Waals surface area contributed by atoms with Gasteiger partial charge in [0.1, 0.15) is 0 Å². The van der Waals surface area contributed by atoms with E-state index in [0.29, 0.717) is 0 Å². The molecule has 3 aliphatic rings. The molecule has 2 atom stereocenters. The van der Waals surface area contributed by atoms with Gasteiger partial charge in [0.25, 0.3) is 0 Å². The van der Waals surface area contributed by atoms with Crippen molar-refractivity contribution >= 4 is 0 Å². The highest BCUT2D eigenvalue weighted by molar-refractivity contribution is 5.03. The smallest absolute Gasteiger partial charge is 0.0126 e. The van der Waals surface area contributed by atoms with Gasteiger partial charge in [-0.2, -0.15) is 0 Å². The van der Waals surface area contributed by atoms with Crippen LogP contribution < -0.4 is 5.32 Å².